The topological polar surface area (TPSA) is 149 Å². The predicted molar refractivity (Wildman–Crippen MR) is 129 cm³/mol. The normalized spacial score (nSPS) is 11.8. The number of anilines is 3. The molecule has 0 bridgehead atoms. The van der Waals surface area contributed by atoms with Crippen molar-refractivity contribution in [2.45, 2.75) is 33.2 Å². The van der Waals surface area contributed by atoms with E-state index >= 15 is 0 Å². The highest BCUT2D eigenvalue weighted by Gasteiger charge is 2.23. The van der Waals surface area contributed by atoms with E-state index < -0.39 is 6.04 Å². The third-order valence-electron chi connectivity index (χ3n) is 5.59. The Bertz CT molecular complexity index is 1470. The third-order valence-corrected chi connectivity index (χ3v) is 5.59. The van der Waals surface area contributed by atoms with E-state index in [-0.39, 0.29) is 28.7 Å². The molecule has 4 aromatic rings. The zero-order valence-corrected chi connectivity index (χ0v) is 18.6. The van der Waals surface area contributed by atoms with Gasteiger partial charge in [0.25, 0.3) is 5.56 Å². The molecule has 9 nitrogen and oxygen atoms in total. The van der Waals surface area contributed by atoms with Crippen molar-refractivity contribution >= 4 is 28.5 Å². The van der Waals surface area contributed by atoms with Crippen molar-refractivity contribution < 1.29 is 0 Å². The molecule has 2 aromatic heterocycles. The summed E-state index contributed by atoms with van der Waals surface area (Å²) in [5.41, 5.74) is 14.7. The lowest BCUT2D eigenvalue weighted by molar-refractivity contribution is 0.657. The minimum atomic E-state index is -0.469. The van der Waals surface area contributed by atoms with Gasteiger partial charge in [-0.1, -0.05) is 37.3 Å². The molecule has 0 amide bonds. The number of aromatic nitrogens is 4. The van der Waals surface area contributed by atoms with E-state index in [0.29, 0.717) is 23.1 Å². The number of nitrogens with zero attached hydrogens (tertiary/aromatic N) is 5. The van der Waals surface area contributed by atoms with Crippen LogP contribution in [0.5, 0.6) is 0 Å². The zero-order chi connectivity index (χ0) is 23.7. The molecular formula is C24H24N8O. The molecule has 5 N–H and O–H groups in total. The summed E-state index contributed by atoms with van der Waals surface area (Å²) >= 11 is 0. The van der Waals surface area contributed by atoms with Gasteiger partial charge in [-0.3, -0.25) is 9.36 Å². The van der Waals surface area contributed by atoms with Crippen LogP contribution < -0.4 is 22.3 Å². The van der Waals surface area contributed by atoms with E-state index in [1.54, 1.807) is 4.57 Å². The van der Waals surface area contributed by atoms with E-state index in [1.165, 1.54) is 0 Å². The molecule has 0 saturated carbocycles. The molecule has 4 rings (SSSR count). The summed E-state index contributed by atoms with van der Waals surface area (Å²) < 4.78 is 1.63. The van der Waals surface area contributed by atoms with Crippen molar-refractivity contribution in [2.75, 3.05) is 16.8 Å². The van der Waals surface area contributed by atoms with Crippen molar-refractivity contribution in [3.63, 3.8) is 0 Å². The Kier molecular flexibility index (Phi) is 5.67. The van der Waals surface area contributed by atoms with Crippen LogP contribution in [0.25, 0.3) is 16.6 Å². The largest absolute Gasteiger partial charge is 0.382 e. The van der Waals surface area contributed by atoms with Crippen molar-refractivity contribution in [1.29, 1.82) is 5.26 Å². The van der Waals surface area contributed by atoms with Crippen LogP contribution in [0.4, 0.5) is 17.6 Å². The number of aryl methyl sites for hydroxylation is 2. The Morgan fingerprint density at radius 2 is 1.79 bits per heavy atom. The van der Waals surface area contributed by atoms with Crippen LogP contribution in [0.15, 0.2) is 47.3 Å². The van der Waals surface area contributed by atoms with Crippen molar-refractivity contribution in [3.8, 4) is 11.8 Å². The molecule has 0 spiro atoms. The van der Waals surface area contributed by atoms with Crippen molar-refractivity contribution in [2.24, 2.45) is 0 Å². The first-order valence-electron chi connectivity index (χ1n) is 10.5. The predicted octanol–water partition coefficient (Wildman–Crippen LogP) is 3.39. The SMILES string of the molecule is CC[C@H](Nc1nc(N)nc(N)c1C#N)c1nc2cccc(C)c2c(=O)n1-c1ccccc1C. The number of benzene rings is 2. The minimum absolute atomic E-state index is 0.0132. The number of para-hydroxylation sites is 1. The van der Waals surface area contributed by atoms with Crippen LogP contribution in [0.3, 0.4) is 0 Å². The van der Waals surface area contributed by atoms with Crippen LogP contribution in [-0.2, 0) is 0 Å². The Labute approximate surface area is 190 Å². The van der Waals surface area contributed by atoms with Crippen LogP contribution in [-0.4, -0.2) is 19.5 Å². The standard InChI is InChI=1S/C24H24N8O/c1-4-16(28-21-15(12-25)20(26)30-24(27)31-21)22-29-17-10-7-9-14(3)19(17)23(33)32(22)18-11-6-5-8-13(18)2/h5-11,16H,4H2,1-3H3,(H5,26,27,28,30,31)/t16-/m0/s1. The Hall–Kier alpha value is -4.45. The van der Waals surface area contributed by atoms with Crippen LogP contribution in [0, 0.1) is 25.2 Å². The fourth-order valence-corrected chi connectivity index (χ4v) is 3.92. The summed E-state index contributed by atoms with van der Waals surface area (Å²) in [6.07, 6.45) is 0.546. The Balaban J connectivity index is 2.00. The van der Waals surface area contributed by atoms with Gasteiger partial charge in [0.15, 0.2) is 5.82 Å². The van der Waals surface area contributed by atoms with Gasteiger partial charge in [-0.25, -0.2) is 4.98 Å². The number of nitrogens with two attached hydrogens (primary N) is 2. The Morgan fingerprint density at radius 1 is 1.06 bits per heavy atom. The third kappa shape index (κ3) is 3.83. The van der Waals surface area contributed by atoms with Crippen LogP contribution >= 0.6 is 0 Å². The number of hydrogen-bond donors (Lipinski definition) is 3. The first kappa shape index (κ1) is 21.8. The van der Waals surface area contributed by atoms with Crippen LogP contribution in [0.1, 0.15) is 41.9 Å². The molecular weight excluding hydrogens is 416 g/mol. The highest BCUT2D eigenvalue weighted by Crippen LogP contribution is 2.28. The summed E-state index contributed by atoms with van der Waals surface area (Å²) in [6.45, 7) is 5.79. The van der Waals surface area contributed by atoms with Gasteiger partial charge in [-0.2, -0.15) is 15.2 Å². The van der Waals surface area contributed by atoms with Crippen molar-refractivity contribution in [1.82, 2.24) is 19.5 Å². The van der Waals surface area contributed by atoms with Gasteiger partial charge in [-0.15, -0.1) is 0 Å². The molecule has 0 fully saturated rings. The highest BCUT2D eigenvalue weighted by molar-refractivity contribution is 5.81. The average molecular weight is 441 g/mol. The van der Waals surface area contributed by atoms with E-state index in [1.807, 2.05) is 69.3 Å². The van der Waals surface area contributed by atoms with E-state index in [4.69, 9.17) is 16.5 Å². The van der Waals surface area contributed by atoms with E-state index in [0.717, 1.165) is 16.8 Å². The molecule has 2 heterocycles. The molecule has 1 atom stereocenters. The summed E-state index contributed by atoms with van der Waals surface area (Å²) in [4.78, 5) is 26.7. The van der Waals surface area contributed by atoms with Crippen LogP contribution in [0.2, 0.25) is 0 Å². The molecule has 33 heavy (non-hydrogen) atoms. The molecule has 0 aliphatic carbocycles. The zero-order valence-electron chi connectivity index (χ0n) is 18.6. The molecule has 2 aromatic carbocycles. The molecule has 0 aliphatic rings. The molecule has 166 valence electrons. The van der Waals surface area contributed by atoms with Crippen molar-refractivity contribution in [3.05, 3.63) is 75.3 Å². The number of fused-ring (bicyclic) bond motifs is 1. The number of nitrogens with one attached hydrogen (secondary N) is 1. The van der Waals surface area contributed by atoms with E-state index in [2.05, 4.69) is 15.3 Å². The second-order valence-electron chi connectivity index (χ2n) is 7.77. The van der Waals surface area contributed by atoms with Gasteiger partial charge in [-0.05, 0) is 43.5 Å². The summed E-state index contributed by atoms with van der Waals surface area (Å²) in [6, 6.07) is 14.8. The smallest absolute Gasteiger partial charge is 0.266 e. The maximum Gasteiger partial charge on any atom is 0.266 e. The van der Waals surface area contributed by atoms with E-state index in [9.17, 15) is 10.1 Å². The second-order valence-corrected chi connectivity index (χ2v) is 7.77. The quantitative estimate of drug-likeness (QED) is 0.427. The lowest BCUT2D eigenvalue weighted by Gasteiger charge is -2.23. The summed E-state index contributed by atoms with van der Waals surface area (Å²) in [7, 11) is 0. The lowest BCUT2D eigenvalue weighted by Crippen LogP contribution is -2.29. The van der Waals surface area contributed by atoms with Gasteiger partial charge < -0.3 is 16.8 Å². The fraction of sp³-hybridized carbons (Fsp3) is 0.208. The van der Waals surface area contributed by atoms with Gasteiger partial charge >= 0.3 is 0 Å². The first-order valence-corrected chi connectivity index (χ1v) is 10.5. The summed E-state index contributed by atoms with van der Waals surface area (Å²) in [5.74, 6) is 0.627. The highest BCUT2D eigenvalue weighted by atomic mass is 16.1. The van der Waals surface area contributed by atoms with Gasteiger partial charge in [0.1, 0.15) is 23.3 Å². The number of hydrogen-bond acceptors (Lipinski definition) is 8. The first-order chi connectivity index (χ1) is 15.8. The molecule has 0 aliphatic heterocycles. The number of nitriles is 1. The average Bonchev–Trinajstić information content (AvgIpc) is 2.78. The molecule has 0 saturated heterocycles. The monoisotopic (exact) mass is 440 g/mol. The fourth-order valence-electron chi connectivity index (χ4n) is 3.92. The summed E-state index contributed by atoms with van der Waals surface area (Å²) in [5, 5.41) is 13.4. The molecule has 9 heteroatoms. The number of nitrogen functional groups attached to an aromatic ring is 2. The molecule has 0 radical (unpaired) electrons. The Morgan fingerprint density at radius 3 is 2.48 bits per heavy atom. The molecule has 0 unspecified atom stereocenters. The van der Waals surface area contributed by atoms with Gasteiger partial charge in [0.05, 0.1) is 22.6 Å². The maximum absolute atomic E-state index is 13.8. The van der Waals surface area contributed by atoms with Gasteiger partial charge in [0, 0.05) is 0 Å². The van der Waals surface area contributed by atoms with Gasteiger partial charge in [0.2, 0.25) is 5.95 Å². The maximum atomic E-state index is 13.8. The number of rotatable bonds is 5. The second kappa shape index (κ2) is 8.59. The lowest BCUT2D eigenvalue weighted by atomic mass is 10.1. The minimum Gasteiger partial charge on any atom is -0.382 e.